The molecule has 1 aliphatic heterocycles. The number of tetrazole rings is 1. The highest BCUT2D eigenvalue weighted by atomic mass is 16.5. The van der Waals surface area contributed by atoms with Crippen LogP contribution in [0, 0.1) is 5.92 Å². The predicted octanol–water partition coefficient (Wildman–Crippen LogP) is 2.51. The van der Waals surface area contributed by atoms with E-state index in [1.807, 2.05) is 12.1 Å². The molecule has 2 aromatic heterocycles. The number of hydrogen-bond acceptors (Lipinski definition) is 6. The molecule has 0 spiro atoms. The Morgan fingerprint density at radius 1 is 1.21 bits per heavy atom. The zero-order valence-electron chi connectivity index (χ0n) is 13.8. The van der Waals surface area contributed by atoms with Crippen LogP contribution in [-0.4, -0.2) is 38.7 Å². The zero-order chi connectivity index (χ0) is 16.5. The molecule has 0 aliphatic carbocycles. The molecule has 1 aliphatic rings. The molecular formula is C17H20N6O. The maximum atomic E-state index is 5.59. The van der Waals surface area contributed by atoms with Crippen LogP contribution in [0.2, 0.25) is 0 Å². The Hall–Kier alpha value is -2.70. The fourth-order valence-electron chi connectivity index (χ4n) is 3.52. The van der Waals surface area contributed by atoms with Crippen LogP contribution in [0.25, 0.3) is 5.65 Å². The Kier molecular flexibility index (Phi) is 3.76. The summed E-state index contributed by atoms with van der Waals surface area (Å²) in [5, 5.41) is 11.9. The number of aromatic nitrogens is 5. The molecule has 1 saturated heterocycles. The molecule has 0 saturated carbocycles. The first-order valence-electron chi connectivity index (χ1n) is 8.20. The molecule has 24 heavy (non-hydrogen) atoms. The van der Waals surface area contributed by atoms with Gasteiger partial charge in [-0.05, 0) is 35.3 Å². The van der Waals surface area contributed by atoms with E-state index >= 15 is 0 Å². The standard InChI is InChI=1S/C17H20N6O/c1-12-7-8-14(13-5-3-4-6-15(13)24-2)22(11-12)16-17-19-20-21-23(17)10-9-18-16/h3-6,9-10,12,14H,7-8,11H2,1-2H3. The number of para-hydroxylation sites is 1. The van der Waals surface area contributed by atoms with Gasteiger partial charge in [0.2, 0.25) is 5.65 Å². The van der Waals surface area contributed by atoms with Crippen molar-refractivity contribution in [3.63, 3.8) is 0 Å². The average Bonchev–Trinajstić information content (AvgIpc) is 3.10. The molecule has 2 atom stereocenters. The third-order valence-electron chi connectivity index (χ3n) is 4.68. The lowest BCUT2D eigenvalue weighted by atomic mass is 9.89. The van der Waals surface area contributed by atoms with Crippen molar-refractivity contribution in [2.75, 3.05) is 18.6 Å². The molecule has 7 heteroatoms. The summed E-state index contributed by atoms with van der Waals surface area (Å²) in [6.07, 6.45) is 5.74. The van der Waals surface area contributed by atoms with E-state index in [0.29, 0.717) is 11.6 Å². The van der Waals surface area contributed by atoms with Gasteiger partial charge in [-0.1, -0.05) is 25.1 Å². The molecule has 0 N–H and O–H groups in total. The van der Waals surface area contributed by atoms with Gasteiger partial charge in [-0.25, -0.2) is 4.98 Å². The molecule has 3 aromatic rings. The van der Waals surface area contributed by atoms with Crippen molar-refractivity contribution < 1.29 is 4.74 Å². The van der Waals surface area contributed by atoms with Gasteiger partial charge in [0.1, 0.15) is 5.75 Å². The average molecular weight is 324 g/mol. The van der Waals surface area contributed by atoms with Gasteiger partial charge in [-0.15, -0.1) is 5.10 Å². The van der Waals surface area contributed by atoms with E-state index in [1.165, 1.54) is 12.0 Å². The van der Waals surface area contributed by atoms with Gasteiger partial charge >= 0.3 is 0 Å². The highest BCUT2D eigenvalue weighted by molar-refractivity contribution is 5.64. The molecule has 4 rings (SSSR count). The van der Waals surface area contributed by atoms with E-state index < -0.39 is 0 Å². The molecular weight excluding hydrogens is 304 g/mol. The quantitative estimate of drug-likeness (QED) is 0.737. The van der Waals surface area contributed by atoms with Crippen LogP contribution in [-0.2, 0) is 0 Å². The Bertz CT molecular complexity index is 848. The van der Waals surface area contributed by atoms with Crippen molar-refractivity contribution in [2.24, 2.45) is 5.92 Å². The van der Waals surface area contributed by atoms with E-state index in [9.17, 15) is 0 Å². The maximum absolute atomic E-state index is 5.59. The molecule has 3 heterocycles. The van der Waals surface area contributed by atoms with Gasteiger partial charge < -0.3 is 9.64 Å². The molecule has 7 nitrogen and oxygen atoms in total. The summed E-state index contributed by atoms with van der Waals surface area (Å²) in [5.41, 5.74) is 1.87. The van der Waals surface area contributed by atoms with Gasteiger partial charge in [-0.3, -0.25) is 0 Å². The van der Waals surface area contributed by atoms with Gasteiger partial charge in [0.15, 0.2) is 5.82 Å². The zero-order valence-corrected chi connectivity index (χ0v) is 13.8. The summed E-state index contributed by atoms with van der Waals surface area (Å²) in [4.78, 5) is 6.91. The van der Waals surface area contributed by atoms with Crippen LogP contribution in [0.15, 0.2) is 36.7 Å². The lowest BCUT2D eigenvalue weighted by molar-refractivity contribution is 0.360. The minimum atomic E-state index is 0.202. The molecule has 1 fully saturated rings. The molecule has 124 valence electrons. The number of nitrogens with zero attached hydrogens (tertiary/aromatic N) is 6. The minimum Gasteiger partial charge on any atom is -0.496 e. The predicted molar refractivity (Wildman–Crippen MR) is 90.1 cm³/mol. The van der Waals surface area contributed by atoms with Crippen molar-refractivity contribution in [1.29, 1.82) is 0 Å². The second-order valence-corrected chi connectivity index (χ2v) is 6.29. The van der Waals surface area contributed by atoms with Crippen LogP contribution in [0.4, 0.5) is 5.82 Å². The molecule has 0 radical (unpaired) electrons. The Morgan fingerprint density at radius 2 is 2.08 bits per heavy atom. The summed E-state index contributed by atoms with van der Waals surface area (Å²) in [6.45, 7) is 3.19. The normalized spacial score (nSPS) is 21.2. The van der Waals surface area contributed by atoms with Gasteiger partial charge in [0.25, 0.3) is 0 Å². The first kappa shape index (κ1) is 14.9. The molecule has 1 aromatic carbocycles. The van der Waals surface area contributed by atoms with Crippen molar-refractivity contribution in [3.05, 3.63) is 42.2 Å². The van der Waals surface area contributed by atoms with Crippen LogP contribution in [0.5, 0.6) is 5.75 Å². The second kappa shape index (κ2) is 6.07. The largest absolute Gasteiger partial charge is 0.496 e. The van der Waals surface area contributed by atoms with Gasteiger partial charge in [0.05, 0.1) is 19.3 Å². The third kappa shape index (κ3) is 2.46. The Balaban J connectivity index is 1.82. The van der Waals surface area contributed by atoms with Crippen LogP contribution < -0.4 is 9.64 Å². The SMILES string of the molecule is COc1ccccc1C1CCC(C)CN1c1nccn2nnnc12. The van der Waals surface area contributed by atoms with Crippen molar-refractivity contribution in [1.82, 2.24) is 25.0 Å². The molecule has 2 unspecified atom stereocenters. The van der Waals surface area contributed by atoms with Gasteiger partial charge in [-0.2, -0.15) is 4.52 Å². The number of benzene rings is 1. The fourth-order valence-corrected chi connectivity index (χ4v) is 3.52. The first-order chi connectivity index (χ1) is 11.8. The number of piperidine rings is 1. The van der Waals surface area contributed by atoms with Crippen molar-refractivity contribution >= 4 is 11.5 Å². The Labute approximate surface area is 140 Å². The lowest BCUT2D eigenvalue weighted by Crippen LogP contribution is -2.38. The first-order valence-corrected chi connectivity index (χ1v) is 8.20. The van der Waals surface area contributed by atoms with Gasteiger partial charge in [0, 0.05) is 18.3 Å². The highest BCUT2D eigenvalue weighted by Gasteiger charge is 2.31. The second-order valence-electron chi connectivity index (χ2n) is 6.29. The van der Waals surface area contributed by atoms with E-state index in [4.69, 9.17) is 4.74 Å². The number of rotatable bonds is 3. The van der Waals surface area contributed by atoms with E-state index in [0.717, 1.165) is 24.5 Å². The number of fused-ring (bicyclic) bond motifs is 1. The summed E-state index contributed by atoms with van der Waals surface area (Å²) >= 11 is 0. The summed E-state index contributed by atoms with van der Waals surface area (Å²) in [6, 6.07) is 8.40. The molecule has 0 amide bonds. The monoisotopic (exact) mass is 324 g/mol. The Morgan fingerprint density at radius 3 is 2.96 bits per heavy atom. The smallest absolute Gasteiger partial charge is 0.222 e. The summed E-state index contributed by atoms with van der Waals surface area (Å²) < 4.78 is 7.26. The van der Waals surface area contributed by atoms with E-state index in [2.05, 4.69) is 44.5 Å². The van der Waals surface area contributed by atoms with Crippen molar-refractivity contribution in [3.8, 4) is 5.75 Å². The van der Waals surface area contributed by atoms with Crippen LogP contribution >= 0.6 is 0 Å². The maximum Gasteiger partial charge on any atom is 0.222 e. The molecule has 0 bridgehead atoms. The van der Waals surface area contributed by atoms with Crippen molar-refractivity contribution in [2.45, 2.75) is 25.8 Å². The minimum absolute atomic E-state index is 0.202. The number of anilines is 1. The lowest BCUT2D eigenvalue weighted by Gasteiger charge is -2.40. The third-order valence-corrected chi connectivity index (χ3v) is 4.68. The summed E-state index contributed by atoms with van der Waals surface area (Å²) in [7, 11) is 1.72. The summed E-state index contributed by atoms with van der Waals surface area (Å²) in [5.74, 6) is 2.33. The van der Waals surface area contributed by atoms with E-state index in [1.54, 1.807) is 24.0 Å². The number of methoxy groups -OCH3 is 1. The highest BCUT2D eigenvalue weighted by Crippen LogP contribution is 2.40. The number of hydrogen-bond donors (Lipinski definition) is 0. The van der Waals surface area contributed by atoms with Crippen LogP contribution in [0.1, 0.15) is 31.4 Å². The van der Waals surface area contributed by atoms with E-state index in [-0.39, 0.29) is 6.04 Å². The van der Waals surface area contributed by atoms with Crippen LogP contribution in [0.3, 0.4) is 0 Å². The topological polar surface area (TPSA) is 68.4 Å². The fraction of sp³-hybridized carbons (Fsp3) is 0.412. The number of ether oxygens (including phenoxy) is 1.